The number of benzene rings is 3. The van der Waals surface area contributed by atoms with Crippen LogP contribution in [0.5, 0.6) is 5.75 Å². The van der Waals surface area contributed by atoms with Crippen molar-refractivity contribution in [1.82, 2.24) is 10.2 Å². The zero-order valence-electron chi connectivity index (χ0n) is 21.1. The molecule has 2 heterocycles. The topological polar surface area (TPSA) is 68.2 Å². The lowest BCUT2D eigenvalue weighted by atomic mass is 9.91. The van der Waals surface area contributed by atoms with Crippen molar-refractivity contribution in [3.63, 3.8) is 0 Å². The molecule has 6 nitrogen and oxygen atoms in total. The second-order valence-electron chi connectivity index (χ2n) is 9.98. The monoisotopic (exact) mass is 520 g/mol. The SMILES string of the molecule is Cc1cc(Cl)cc(N2C=Nc3cc(C)c(-c4cc(O)cc(F)c4)cc3C2C(=O)N(C)C[C@@H]2CCCN2)c1. The smallest absolute Gasteiger partial charge is 0.250 e. The Hall–Kier alpha value is -3.42. The molecule has 2 aliphatic heterocycles. The van der Waals surface area contributed by atoms with Gasteiger partial charge < -0.3 is 20.2 Å². The first kappa shape index (κ1) is 25.2. The highest BCUT2D eigenvalue weighted by Crippen LogP contribution is 2.42. The molecule has 3 aromatic rings. The van der Waals surface area contributed by atoms with Crippen LogP contribution in [0.1, 0.15) is 35.6 Å². The van der Waals surface area contributed by atoms with Gasteiger partial charge in [0.2, 0.25) is 5.91 Å². The summed E-state index contributed by atoms with van der Waals surface area (Å²) in [6.45, 7) is 5.43. The van der Waals surface area contributed by atoms with Gasteiger partial charge in [0.15, 0.2) is 0 Å². The number of aliphatic imine (C=N–C) groups is 1. The van der Waals surface area contributed by atoms with Crippen LogP contribution in [-0.4, -0.2) is 48.4 Å². The van der Waals surface area contributed by atoms with Crippen molar-refractivity contribution in [2.75, 3.05) is 25.0 Å². The minimum Gasteiger partial charge on any atom is -0.508 e. The lowest BCUT2D eigenvalue weighted by Crippen LogP contribution is -2.46. The fraction of sp³-hybridized carbons (Fsp3) is 0.310. The van der Waals surface area contributed by atoms with Crippen LogP contribution in [0.2, 0.25) is 5.02 Å². The number of hydrogen-bond donors (Lipinski definition) is 2. The van der Waals surface area contributed by atoms with Crippen molar-refractivity contribution >= 4 is 35.2 Å². The van der Waals surface area contributed by atoms with Crippen LogP contribution in [0.4, 0.5) is 15.8 Å². The van der Waals surface area contributed by atoms with Gasteiger partial charge in [-0.15, -0.1) is 0 Å². The van der Waals surface area contributed by atoms with E-state index in [0.717, 1.165) is 47.8 Å². The first-order chi connectivity index (χ1) is 17.7. The number of amides is 1. The molecule has 8 heteroatoms. The van der Waals surface area contributed by atoms with Crippen molar-refractivity contribution in [2.24, 2.45) is 4.99 Å². The molecule has 2 N–H and O–H groups in total. The van der Waals surface area contributed by atoms with Gasteiger partial charge in [-0.25, -0.2) is 9.38 Å². The molecule has 192 valence electrons. The summed E-state index contributed by atoms with van der Waals surface area (Å²) >= 11 is 6.39. The summed E-state index contributed by atoms with van der Waals surface area (Å²) in [6, 6.07) is 13.0. The van der Waals surface area contributed by atoms with Gasteiger partial charge in [-0.2, -0.15) is 0 Å². The Labute approximate surface area is 221 Å². The van der Waals surface area contributed by atoms with Crippen LogP contribution in [0.15, 0.2) is 53.5 Å². The van der Waals surface area contributed by atoms with Gasteiger partial charge in [0.05, 0.1) is 12.0 Å². The lowest BCUT2D eigenvalue weighted by molar-refractivity contribution is -0.131. The number of phenols is 1. The van der Waals surface area contributed by atoms with Crippen LogP contribution >= 0.6 is 11.6 Å². The quantitative estimate of drug-likeness (QED) is 0.439. The molecule has 0 radical (unpaired) electrons. The van der Waals surface area contributed by atoms with E-state index in [1.807, 2.05) is 56.1 Å². The number of carbonyl (C=O) groups excluding carboxylic acids is 1. The van der Waals surface area contributed by atoms with E-state index in [4.69, 9.17) is 11.6 Å². The van der Waals surface area contributed by atoms with Crippen molar-refractivity contribution in [2.45, 2.75) is 38.8 Å². The van der Waals surface area contributed by atoms with Gasteiger partial charge in [0.25, 0.3) is 0 Å². The standard InChI is InChI=1S/C29H30ClFN4O2/c1-17-7-20(30)12-23(8-17)35-16-33-27-9-18(2)25(19-10-21(31)13-24(36)11-19)14-26(27)28(35)29(37)34(3)15-22-5-4-6-32-22/h7-14,16,22,28,32,36H,4-6,15H2,1-3H3/t22-,28?/m0/s1. The number of nitrogens with one attached hydrogen (secondary N) is 1. The number of fused-ring (bicyclic) bond motifs is 1. The Morgan fingerprint density at radius 2 is 2.00 bits per heavy atom. The minimum atomic E-state index is -0.696. The van der Waals surface area contributed by atoms with E-state index < -0.39 is 11.9 Å². The number of aryl methyl sites for hydroxylation is 2. The highest BCUT2D eigenvalue weighted by atomic mass is 35.5. The van der Waals surface area contributed by atoms with E-state index in [-0.39, 0.29) is 17.7 Å². The molecule has 0 spiro atoms. The highest BCUT2D eigenvalue weighted by molar-refractivity contribution is 6.31. The zero-order valence-corrected chi connectivity index (χ0v) is 21.9. The Bertz CT molecular complexity index is 1350. The highest BCUT2D eigenvalue weighted by Gasteiger charge is 2.35. The maximum atomic E-state index is 14.2. The average Bonchev–Trinajstić information content (AvgIpc) is 3.34. The maximum absolute atomic E-state index is 14.2. The van der Waals surface area contributed by atoms with E-state index in [1.54, 1.807) is 11.2 Å². The molecular formula is C29H30ClFN4O2. The third kappa shape index (κ3) is 5.20. The van der Waals surface area contributed by atoms with Crippen LogP contribution in [0.25, 0.3) is 11.1 Å². The predicted octanol–water partition coefficient (Wildman–Crippen LogP) is 5.90. The molecular weight excluding hydrogens is 491 g/mol. The number of halogens is 2. The first-order valence-electron chi connectivity index (χ1n) is 12.4. The van der Waals surface area contributed by atoms with E-state index in [9.17, 15) is 14.3 Å². The summed E-state index contributed by atoms with van der Waals surface area (Å²) < 4.78 is 14.2. The van der Waals surface area contributed by atoms with Gasteiger partial charge in [-0.05, 0) is 98.0 Å². The van der Waals surface area contributed by atoms with E-state index >= 15 is 0 Å². The minimum absolute atomic E-state index is 0.0735. The molecule has 1 saturated heterocycles. The summed E-state index contributed by atoms with van der Waals surface area (Å²) in [4.78, 5) is 22.4. The molecule has 1 fully saturated rings. The summed E-state index contributed by atoms with van der Waals surface area (Å²) in [7, 11) is 1.83. The number of carbonyl (C=O) groups is 1. The molecule has 3 aromatic carbocycles. The number of nitrogens with zero attached hydrogens (tertiary/aromatic N) is 3. The second-order valence-corrected chi connectivity index (χ2v) is 10.4. The van der Waals surface area contributed by atoms with Crippen LogP contribution in [0.3, 0.4) is 0 Å². The first-order valence-corrected chi connectivity index (χ1v) is 12.8. The molecule has 0 saturated carbocycles. The molecule has 2 aliphatic rings. The van der Waals surface area contributed by atoms with Gasteiger partial charge in [-0.3, -0.25) is 4.79 Å². The van der Waals surface area contributed by atoms with Gasteiger partial charge in [0, 0.05) is 42.0 Å². The Morgan fingerprint density at radius 1 is 1.19 bits per heavy atom. The number of anilines is 1. The number of phenolic OH excluding ortho intramolecular Hbond substituents is 1. The van der Waals surface area contributed by atoms with E-state index in [1.165, 1.54) is 12.1 Å². The van der Waals surface area contributed by atoms with Gasteiger partial charge >= 0.3 is 0 Å². The summed E-state index contributed by atoms with van der Waals surface area (Å²) in [6.07, 6.45) is 3.82. The lowest BCUT2D eigenvalue weighted by Gasteiger charge is -2.36. The summed E-state index contributed by atoms with van der Waals surface area (Å²) in [5.74, 6) is -0.759. The number of likely N-dealkylation sites (N-methyl/N-ethyl adjacent to an activating group) is 1. The Balaban J connectivity index is 1.62. The van der Waals surface area contributed by atoms with Crippen molar-refractivity contribution in [3.05, 3.63) is 76.1 Å². The van der Waals surface area contributed by atoms with Gasteiger partial charge in [0.1, 0.15) is 17.6 Å². The molecule has 0 aromatic heterocycles. The summed E-state index contributed by atoms with van der Waals surface area (Å²) in [5, 5.41) is 14.1. The van der Waals surface area contributed by atoms with E-state index in [0.29, 0.717) is 28.4 Å². The Morgan fingerprint density at radius 3 is 2.70 bits per heavy atom. The number of hydrogen-bond acceptors (Lipinski definition) is 5. The molecule has 2 atom stereocenters. The zero-order chi connectivity index (χ0) is 26.3. The van der Waals surface area contributed by atoms with Crippen LogP contribution in [0, 0.1) is 19.7 Å². The molecule has 0 aliphatic carbocycles. The molecule has 5 rings (SSSR count). The predicted molar refractivity (Wildman–Crippen MR) is 146 cm³/mol. The average molecular weight is 521 g/mol. The Kier molecular flexibility index (Phi) is 6.92. The van der Waals surface area contributed by atoms with E-state index in [2.05, 4.69) is 10.3 Å². The largest absolute Gasteiger partial charge is 0.508 e. The molecule has 0 bridgehead atoms. The van der Waals surface area contributed by atoms with Crippen LogP contribution < -0.4 is 10.2 Å². The second kappa shape index (κ2) is 10.1. The van der Waals surface area contributed by atoms with Gasteiger partial charge in [-0.1, -0.05) is 11.6 Å². The molecule has 1 amide bonds. The molecule has 37 heavy (non-hydrogen) atoms. The number of rotatable bonds is 5. The normalized spacial score (nSPS) is 18.7. The third-order valence-corrected chi connectivity index (χ3v) is 7.27. The fourth-order valence-electron chi connectivity index (χ4n) is 5.30. The molecule has 1 unspecified atom stereocenters. The van der Waals surface area contributed by atoms with Crippen LogP contribution in [-0.2, 0) is 4.79 Å². The maximum Gasteiger partial charge on any atom is 0.250 e. The third-order valence-electron chi connectivity index (χ3n) is 7.05. The van der Waals surface area contributed by atoms with Crippen molar-refractivity contribution in [3.8, 4) is 16.9 Å². The summed E-state index contributed by atoms with van der Waals surface area (Å²) in [5.41, 5.74) is 5.25. The van der Waals surface area contributed by atoms with Crippen molar-refractivity contribution in [1.29, 1.82) is 0 Å². The fourth-order valence-corrected chi connectivity index (χ4v) is 5.58. The number of aromatic hydroxyl groups is 1. The van der Waals surface area contributed by atoms with Crippen molar-refractivity contribution < 1.29 is 14.3 Å².